The van der Waals surface area contributed by atoms with Crippen LogP contribution in [0.3, 0.4) is 0 Å². The summed E-state index contributed by atoms with van der Waals surface area (Å²) in [6.07, 6.45) is 3.93. The molecule has 0 N–H and O–H groups in total. The Labute approximate surface area is 383 Å². The van der Waals surface area contributed by atoms with E-state index < -0.39 is 12.6 Å². The Morgan fingerprint density at radius 1 is 0.439 bits per heavy atom. The van der Waals surface area contributed by atoms with E-state index in [0.717, 1.165) is 56.3 Å². The van der Waals surface area contributed by atoms with Crippen molar-refractivity contribution in [2.24, 2.45) is 0 Å². The number of imidazole rings is 1. The lowest BCUT2D eigenvalue weighted by Gasteiger charge is -2.34. The Kier molecular flexibility index (Phi) is 8.00. The quantitative estimate of drug-likeness (QED) is 0.128. The number of fused-ring (bicyclic) bond motifs is 17. The van der Waals surface area contributed by atoms with Crippen molar-refractivity contribution in [2.45, 2.75) is 18.3 Å². The number of benzene rings is 9. The van der Waals surface area contributed by atoms with Gasteiger partial charge in [-0.1, -0.05) is 182 Å². The lowest BCUT2D eigenvalue weighted by atomic mass is 9.68. The van der Waals surface area contributed by atoms with Crippen LogP contribution in [0, 0.1) is 0 Å². The summed E-state index contributed by atoms with van der Waals surface area (Å²) >= 11 is 0. The third-order valence-corrected chi connectivity index (χ3v) is 18.0. The lowest BCUT2D eigenvalue weighted by molar-refractivity contribution is 0.589. The summed E-state index contributed by atoms with van der Waals surface area (Å²) < 4.78 is 18.3. The lowest BCUT2D eigenvalue weighted by Crippen LogP contribution is -2.28. The number of rotatable bonds is 5. The standard InChI is InChI=1S/C62H41N2OP/c65-66(44-15-3-1-4-16-44,45-17-5-2-6-18-45)46-33-36-50-49-34-31-43(38-56(49)62(57(50)39-46)54-22-10-7-19-47(54)48-20-8-11-23-55(48)62)41-29-27-40(28-30-41)42-32-35-52-53(37-42)51-21-9-13-25-59(51)64-60-26-14-12-24-58(60)63-61(52)64/h1-32,34-35,37-39H,33,36H2. The first-order valence-corrected chi connectivity index (χ1v) is 24.6. The van der Waals surface area contributed by atoms with E-state index in [0.29, 0.717) is 0 Å². The predicted octanol–water partition coefficient (Wildman–Crippen LogP) is 14.9. The van der Waals surface area contributed by atoms with Crippen LogP contribution in [0.15, 0.2) is 235 Å². The van der Waals surface area contributed by atoms with Gasteiger partial charge < -0.3 is 4.57 Å². The molecule has 0 unspecified atom stereocenters. The Hall–Kier alpha value is -7.84. The molecule has 14 rings (SSSR count). The van der Waals surface area contributed by atoms with Crippen molar-refractivity contribution in [2.75, 3.05) is 0 Å². The second kappa shape index (κ2) is 14.1. The van der Waals surface area contributed by atoms with Gasteiger partial charge in [0, 0.05) is 21.4 Å². The summed E-state index contributed by atoms with van der Waals surface area (Å²) in [6.45, 7) is 0. The molecule has 11 aromatic rings. The van der Waals surface area contributed by atoms with Crippen LogP contribution in [0.4, 0.5) is 0 Å². The van der Waals surface area contributed by atoms with E-state index in [1.165, 1.54) is 77.6 Å². The van der Waals surface area contributed by atoms with Gasteiger partial charge in [0.2, 0.25) is 0 Å². The Bertz CT molecular complexity index is 3860. The van der Waals surface area contributed by atoms with Gasteiger partial charge in [-0.15, -0.1) is 0 Å². The van der Waals surface area contributed by atoms with Gasteiger partial charge in [-0.05, 0) is 133 Å². The van der Waals surface area contributed by atoms with E-state index in [1.54, 1.807) is 0 Å². The van der Waals surface area contributed by atoms with Crippen molar-refractivity contribution < 1.29 is 4.57 Å². The Balaban J connectivity index is 0.914. The fraction of sp³-hybridized carbons (Fsp3) is 0.0484. The molecule has 0 atom stereocenters. The van der Waals surface area contributed by atoms with Gasteiger partial charge in [0.25, 0.3) is 0 Å². The zero-order chi connectivity index (χ0) is 43.6. The zero-order valence-corrected chi connectivity index (χ0v) is 36.9. The molecular weight excluding hydrogens is 820 g/mol. The van der Waals surface area contributed by atoms with Crippen LogP contribution in [-0.4, -0.2) is 9.38 Å². The minimum atomic E-state index is -3.18. The molecule has 0 saturated heterocycles. The summed E-state index contributed by atoms with van der Waals surface area (Å²) in [6, 6.07) is 78.4. The van der Waals surface area contributed by atoms with Gasteiger partial charge in [-0.25, -0.2) is 4.98 Å². The summed E-state index contributed by atoms with van der Waals surface area (Å²) in [7, 11) is -3.18. The fourth-order valence-corrected chi connectivity index (χ4v) is 14.8. The number of aromatic nitrogens is 2. The molecule has 2 heterocycles. The monoisotopic (exact) mass is 860 g/mol. The molecule has 4 heteroatoms. The highest BCUT2D eigenvalue weighted by molar-refractivity contribution is 7.82. The van der Waals surface area contributed by atoms with E-state index in [-0.39, 0.29) is 0 Å². The molecule has 0 bridgehead atoms. The minimum Gasteiger partial charge on any atom is -0.309 e. The number of pyridine rings is 1. The number of para-hydroxylation sites is 3. The van der Waals surface area contributed by atoms with E-state index in [2.05, 4.69) is 192 Å². The van der Waals surface area contributed by atoms with Crippen LogP contribution in [-0.2, 0) is 9.98 Å². The minimum absolute atomic E-state index is 0.558. The first-order valence-electron chi connectivity index (χ1n) is 22.9. The molecule has 0 fully saturated rings. The van der Waals surface area contributed by atoms with Crippen molar-refractivity contribution in [3.05, 3.63) is 258 Å². The van der Waals surface area contributed by atoms with E-state index in [4.69, 9.17) is 4.98 Å². The third kappa shape index (κ3) is 5.09. The van der Waals surface area contributed by atoms with Gasteiger partial charge in [-0.2, -0.15) is 0 Å². The van der Waals surface area contributed by atoms with Crippen LogP contribution in [0.5, 0.6) is 0 Å². The average Bonchev–Trinajstić information content (AvgIpc) is 4.03. The van der Waals surface area contributed by atoms with Gasteiger partial charge in [0.15, 0.2) is 7.14 Å². The number of hydrogen-bond donors (Lipinski definition) is 0. The second-order valence-electron chi connectivity index (χ2n) is 18.0. The largest absolute Gasteiger partial charge is 0.309 e. The summed E-state index contributed by atoms with van der Waals surface area (Å²) in [5.41, 5.74) is 18.8. The molecule has 66 heavy (non-hydrogen) atoms. The average molecular weight is 861 g/mol. The Morgan fingerprint density at radius 2 is 1.00 bits per heavy atom. The Morgan fingerprint density at radius 3 is 1.70 bits per heavy atom. The van der Waals surface area contributed by atoms with Crippen LogP contribution in [0.1, 0.15) is 35.1 Å². The molecule has 0 aliphatic heterocycles. The number of nitrogens with zero attached hydrogens (tertiary/aromatic N) is 2. The van der Waals surface area contributed by atoms with Gasteiger partial charge >= 0.3 is 0 Å². The second-order valence-corrected chi connectivity index (χ2v) is 20.8. The van der Waals surface area contributed by atoms with Gasteiger partial charge in [0.05, 0.1) is 22.0 Å². The zero-order valence-electron chi connectivity index (χ0n) is 36.0. The molecule has 2 aromatic heterocycles. The fourth-order valence-electron chi connectivity index (χ4n) is 11.9. The SMILES string of the molecule is O=P(C1=CC2=C(CC1)c1ccc(-c3ccc(-c4ccc5c(c4)c4ccccc4n4c6ccccc6nc54)cc3)cc1C21c2ccccc2-c2ccccc21)(c1ccccc1)c1ccccc1. The third-order valence-electron chi connectivity index (χ3n) is 14.8. The molecule has 1 spiro atoms. The number of hydrogen-bond acceptors (Lipinski definition) is 2. The molecule has 3 nitrogen and oxygen atoms in total. The van der Waals surface area contributed by atoms with Crippen molar-refractivity contribution in [3.8, 4) is 33.4 Å². The molecule has 3 aliphatic rings. The molecule has 9 aromatic carbocycles. The van der Waals surface area contributed by atoms with Crippen LogP contribution in [0.25, 0.3) is 77.3 Å². The molecule has 0 radical (unpaired) electrons. The first kappa shape index (κ1) is 37.5. The van der Waals surface area contributed by atoms with E-state index >= 15 is 4.57 Å². The molecular formula is C62H41N2OP. The summed E-state index contributed by atoms with van der Waals surface area (Å²) in [5, 5.41) is 6.35. The van der Waals surface area contributed by atoms with Crippen molar-refractivity contribution >= 4 is 61.7 Å². The molecule has 0 saturated carbocycles. The molecule has 0 amide bonds. The predicted molar refractivity (Wildman–Crippen MR) is 274 cm³/mol. The van der Waals surface area contributed by atoms with Crippen molar-refractivity contribution in [3.63, 3.8) is 0 Å². The smallest absolute Gasteiger partial charge is 0.167 e. The van der Waals surface area contributed by atoms with Crippen molar-refractivity contribution in [1.29, 1.82) is 0 Å². The summed E-state index contributed by atoms with van der Waals surface area (Å²) in [4.78, 5) is 5.12. The number of allylic oxidation sites excluding steroid dienone is 4. The normalized spacial score (nSPS) is 14.8. The maximum atomic E-state index is 16.0. The van der Waals surface area contributed by atoms with Gasteiger partial charge in [-0.3, -0.25) is 4.40 Å². The summed E-state index contributed by atoms with van der Waals surface area (Å²) in [5.74, 6) is 0. The highest BCUT2D eigenvalue weighted by Crippen LogP contribution is 2.66. The highest BCUT2D eigenvalue weighted by atomic mass is 31.2. The van der Waals surface area contributed by atoms with Crippen LogP contribution < -0.4 is 10.6 Å². The van der Waals surface area contributed by atoms with Crippen LogP contribution in [0.2, 0.25) is 0 Å². The maximum absolute atomic E-state index is 16.0. The molecule has 310 valence electrons. The first-order chi connectivity index (χ1) is 32.6. The maximum Gasteiger partial charge on any atom is 0.167 e. The van der Waals surface area contributed by atoms with E-state index in [1.807, 2.05) is 36.4 Å². The van der Waals surface area contributed by atoms with Gasteiger partial charge in [0.1, 0.15) is 5.65 Å². The van der Waals surface area contributed by atoms with Crippen LogP contribution >= 0.6 is 7.14 Å². The topological polar surface area (TPSA) is 34.4 Å². The van der Waals surface area contributed by atoms with E-state index in [9.17, 15) is 0 Å². The highest BCUT2D eigenvalue weighted by Gasteiger charge is 2.53. The van der Waals surface area contributed by atoms with Crippen molar-refractivity contribution in [1.82, 2.24) is 9.38 Å². The molecule has 3 aliphatic carbocycles.